The van der Waals surface area contributed by atoms with Gasteiger partial charge < -0.3 is 10.6 Å². The van der Waals surface area contributed by atoms with E-state index >= 15 is 0 Å². The van der Waals surface area contributed by atoms with Crippen LogP contribution in [0.15, 0.2) is 59.5 Å². The number of aromatic nitrogens is 1. The number of halogens is 3. The zero-order chi connectivity index (χ0) is 24.8. The molecule has 182 valence electrons. The second-order valence-electron chi connectivity index (χ2n) is 7.61. The van der Waals surface area contributed by atoms with Gasteiger partial charge in [-0.3, -0.25) is 9.52 Å². The zero-order valence-electron chi connectivity index (χ0n) is 18.4. The van der Waals surface area contributed by atoms with Gasteiger partial charge in [-0.25, -0.2) is 13.4 Å². The van der Waals surface area contributed by atoms with Crippen LogP contribution >= 0.6 is 0 Å². The molecule has 2 aromatic carbocycles. The Morgan fingerprint density at radius 2 is 1.76 bits per heavy atom. The van der Waals surface area contributed by atoms with E-state index in [0.29, 0.717) is 23.1 Å². The molecule has 0 aliphatic rings. The number of hydrogen-bond acceptors (Lipinski definition) is 5. The van der Waals surface area contributed by atoms with Gasteiger partial charge in [0.25, 0.3) is 10.0 Å². The van der Waals surface area contributed by atoms with Crippen molar-refractivity contribution in [1.29, 1.82) is 0 Å². The van der Waals surface area contributed by atoms with Crippen LogP contribution in [0.25, 0.3) is 10.9 Å². The number of pyridine rings is 1. The summed E-state index contributed by atoms with van der Waals surface area (Å²) >= 11 is 0. The molecule has 0 atom stereocenters. The van der Waals surface area contributed by atoms with E-state index in [-0.39, 0.29) is 29.6 Å². The van der Waals surface area contributed by atoms with Gasteiger partial charge >= 0.3 is 6.18 Å². The van der Waals surface area contributed by atoms with Crippen LogP contribution in [0.4, 0.5) is 18.9 Å². The number of unbranched alkanes of at least 4 members (excludes halogenated alkanes) is 1. The van der Waals surface area contributed by atoms with Gasteiger partial charge in [0, 0.05) is 18.5 Å². The Bertz CT molecular complexity index is 1250. The number of carbonyl (C=O) groups is 1. The van der Waals surface area contributed by atoms with Crippen molar-refractivity contribution < 1.29 is 26.4 Å². The van der Waals surface area contributed by atoms with Crippen LogP contribution in [-0.2, 0) is 27.5 Å². The number of para-hydroxylation sites is 1. The minimum atomic E-state index is -4.56. The fourth-order valence-corrected chi connectivity index (χ4v) is 4.23. The third kappa shape index (κ3) is 6.67. The number of fused-ring (bicyclic) bond motifs is 1. The zero-order valence-corrected chi connectivity index (χ0v) is 19.3. The highest BCUT2D eigenvalue weighted by Gasteiger charge is 2.30. The fourth-order valence-electron chi connectivity index (χ4n) is 3.17. The first kappa shape index (κ1) is 25.4. The van der Waals surface area contributed by atoms with Crippen molar-refractivity contribution in [3.63, 3.8) is 0 Å². The van der Waals surface area contributed by atoms with Crippen molar-refractivity contribution in [1.82, 2.24) is 15.6 Å². The fraction of sp³-hybridized carbons (Fsp3) is 0.304. The van der Waals surface area contributed by atoms with E-state index < -0.39 is 21.8 Å². The van der Waals surface area contributed by atoms with Gasteiger partial charge in [0.2, 0.25) is 5.91 Å². The maximum absolute atomic E-state index is 12.8. The summed E-state index contributed by atoms with van der Waals surface area (Å²) in [6, 6.07) is 11.7. The average molecular weight is 495 g/mol. The van der Waals surface area contributed by atoms with E-state index in [9.17, 15) is 26.4 Å². The first-order chi connectivity index (χ1) is 16.1. The number of carbonyl (C=O) groups excluding carboxylic acids is 1. The molecule has 0 bridgehead atoms. The van der Waals surface area contributed by atoms with Gasteiger partial charge in [-0.1, -0.05) is 31.5 Å². The molecule has 0 aliphatic heterocycles. The molecule has 3 aromatic rings. The van der Waals surface area contributed by atoms with E-state index in [1.165, 1.54) is 6.07 Å². The molecule has 0 unspecified atom stereocenters. The molecule has 7 nitrogen and oxygen atoms in total. The highest BCUT2D eigenvalue weighted by atomic mass is 32.2. The smallest absolute Gasteiger partial charge is 0.355 e. The molecule has 11 heteroatoms. The number of hydrogen-bond donors (Lipinski definition) is 3. The van der Waals surface area contributed by atoms with E-state index in [4.69, 9.17) is 0 Å². The average Bonchev–Trinajstić information content (AvgIpc) is 2.79. The van der Waals surface area contributed by atoms with Crippen LogP contribution in [-0.4, -0.2) is 32.4 Å². The normalized spacial score (nSPS) is 12.0. The summed E-state index contributed by atoms with van der Waals surface area (Å²) in [6.07, 6.45) is -2.67. The van der Waals surface area contributed by atoms with Crippen LogP contribution in [0.3, 0.4) is 0 Å². The third-order valence-corrected chi connectivity index (χ3v) is 6.34. The molecular formula is C23H25F3N4O3S. The van der Waals surface area contributed by atoms with E-state index in [2.05, 4.69) is 20.3 Å². The van der Waals surface area contributed by atoms with Crippen LogP contribution in [0.5, 0.6) is 0 Å². The number of amides is 1. The third-order valence-electron chi connectivity index (χ3n) is 4.96. The molecule has 3 N–H and O–H groups in total. The summed E-state index contributed by atoms with van der Waals surface area (Å²) in [5.41, 5.74) is 0.228. The summed E-state index contributed by atoms with van der Waals surface area (Å²) in [4.78, 5) is 16.0. The first-order valence-electron chi connectivity index (χ1n) is 10.7. The molecule has 0 radical (unpaired) electrons. The summed E-state index contributed by atoms with van der Waals surface area (Å²) in [7, 11) is -4.15. The summed E-state index contributed by atoms with van der Waals surface area (Å²) in [5, 5.41) is 6.47. The first-order valence-corrected chi connectivity index (χ1v) is 12.1. The number of benzene rings is 2. The van der Waals surface area contributed by atoms with Crippen molar-refractivity contribution in [2.75, 3.05) is 17.8 Å². The van der Waals surface area contributed by atoms with Crippen molar-refractivity contribution >= 4 is 32.5 Å². The van der Waals surface area contributed by atoms with E-state index in [1.54, 1.807) is 24.3 Å². The minimum absolute atomic E-state index is 0.117. The Morgan fingerprint density at radius 1 is 1.03 bits per heavy atom. The van der Waals surface area contributed by atoms with Gasteiger partial charge in [-0.05, 0) is 42.8 Å². The Balaban J connectivity index is 1.74. The molecule has 0 spiro atoms. The second kappa shape index (κ2) is 10.8. The molecule has 0 saturated carbocycles. The molecule has 0 saturated heterocycles. The number of anilines is 1. The summed E-state index contributed by atoms with van der Waals surface area (Å²) < 4.78 is 66.3. The van der Waals surface area contributed by atoms with Gasteiger partial charge in [0.05, 0.1) is 33.9 Å². The maximum atomic E-state index is 12.8. The summed E-state index contributed by atoms with van der Waals surface area (Å²) in [6.45, 7) is 3.06. The number of sulfonamides is 1. The topological polar surface area (TPSA) is 100 Å². The SMILES string of the molecule is CCCCNC(=O)CNCc1ccc2cccc(NS(=O)(=O)c3ccc(C(F)(F)F)cc3)c2n1. The van der Waals surface area contributed by atoms with Gasteiger partial charge in [-0.2, -0.15) is 13.2 Å². The van der Waals surface area contributed by atoms with Crippen LogP contribution < -0.4 is 15.4 Å². The predicted molar refractivity (Wildman–Crippen MR) is 124 cm³/mol. The van der Waals surface area contributed by atoms with Crippen LogP contribution in [0.2, 0.25) is 0 Å². The molecule has 0 fully saturated rings. The Labute approximate surface area is 195 Å². The van der Waals surface area contributed by atoms with Crippen molar-refractivity contribution in [2.24, 2.45) is 0 Å². The Kier molecular flexibility index (Phi) is 8.11. The van der Waals surface area contributed by atoms with E-state index in [0.717, 1.165) is 37.1 Å². The highest BCUT2D eigenvalue weighted by molar-refractivity contribution is 7.92. The lowest BCUT2D eigenvalue weighted by molar-refractivity contribution is -0.137. The monoisotopic (exact) mass is 494 g/mol. The van der Waals surface area contributed by atoms with E-state index in [1.807, 2.05) is 6.92 Å². The van der Waals surface area contributed by atoms with Crippen molar-refractivity contribution in [3.8, 4) is 0 Å². The van der Waals surface area contributed by atoms with Crippen molar-refractivity contribution in [3.05, 3.63) is 65.9 Å². The molecule has 1 heterocycles. The second-order valence-corrected chi connectivity index (χ2v) is 9.30. The number of alkyl halides is 3. The minimum Gasteiger partial charge on any atom is -0.355 e. The Morgan fingerprint density at radius 3 is 2.44 bits per heavy atom. The molecule has 3 rings (SSSR count). The molecule has 1 aromatic heterocycles. The lowest BCUT2D eigenvalue weighted by Gasteiger charge is -2.12. The molecule has 34 heavy (non-hydrogen) atoms. The lowest BCUT2D eigenvalue weighted by Crippen LogP contribution is -2.34. The highest BCUT2D eigenvalue weighted by Crippen LogP contribution is 2.30. The van der Waals surface area contributed by atoms with Crippen molar-refractivity contribution in [2.45, 2.75) is 37.4 Å². The maximum Gasteiger partial charge on any atom is 0.416 e. The molecule has 1 amide bonds. The number of nitrogens with one attached hydrogen (secondary N) is 3. The van der Waals surface area contributed by atoms with Crippen LogP contribution in [0.1, 0.15) is 31.0 Å². The quantitative estimate of drug-likeness (QED) is 0.369. The van der Waals surface area contributed by atoms with Gasteiger partial charge in [-0.15, -0.1) is 0 Å². The summed E-state index contributed by atoms with van der Waals surface area (Å²) in [5.74, 6) is -0.126. The number of rotatable bonds is 10. The molecule has 0 aliphatic carbocycles. The standard InChI is InChI=1S/C23H25F3N4O3S/c1-2-3-13-28-21(31)15-27-14-18-10-7-16-5-4-6-20(22(16)29-18)30-34(32,33)19-11-8-17(9-12-19)23(24,25)26/h4-12,27,30H,2-3,13-15H2,1H3,(H,28,31). The predicted octanol–water partition coefficient (Wildman–Crippen LogP) is 4.06. The Hall–Kier alpha value is -3.18. The van der Waals surface area contributed by atoms with Crippen LogP contribution in [0, 0.1) is 0 Å². The number of nitrogens with zero attached hydrogens (tertiary/aromatic N) is 1. The molecular weight excluding hydrogens is 469 g/mol. The largest absolute Gasteiger partial charge is 0.416 e. The lowest BCUT2D eigenvalue weighted by atomic mass is 10.2. The van der Waals surface area contributed by atoms with Gasteiger partial charge in [0.1, 0.15) is 0 Å². The van der Waals surface area contributed by atoms with Gasteiger partial charge in [0.15, 0.2) is 0 Å².